The van der Waals surface area contributed by atoms with E-state index in [1.807, 2.05) is 160 Å². The number of hydrogen-bond acceptors (Lipinski definition) is 18. The fraction of sp³-hybridized carbons (Fsp3) is 0. The van der Waals surface area contributed by atoms with Crippen molar-refractivity contribution in [1.82, 2.24) is 110 Å². The number of H-pyrrole nitrogens is 4. The zero-order chi connectivity index (χ0) is 72.1. The van der Waals surface area contributed by atoms with Gasteiger partial charge >= 0.3 is 0 Å². The van der Waals surface area contributed by atoms with Gasteiger partial charge in [-0.25, -0.2) is 89.7 Å². The highest BCUT2D eigenvalue weighted by molar-refractivity contribution is 6.95. The fourth-order valence-corrected chi connectivity index (χ4v) is 15.0. The third-order valence-corrected chi connectivity index (χ3v) is 20.4. The van der Waals surface area contributed by atoms with Crippen LogP contribution in [-0.2, 0) is 0 Å². The number of aromatic nitrogens is 22. The van der Waals surface area contributed by atoms with Crippen LogP contribution in [0, 0.1) is 0 Å². The lowest BCUT2D eigenvalue weighted by molar-refractivity contribution is 1.12. The van der Waals surface area contributed by atoms with Crippen LogP contribution < -0.4 is 10.9 Å². The lowest BCUT2D eigenvalue weighted by Gasteiger charge is -2.13. The maximum atomic E-state index is 5.62. The minimum atomic E-state index is 0.215. The SMILES string of the molecule is [B]1C2=C([B]c3c1c1nc4nc(nc5[nH]c(nc6nc(nc3[nH]1)-c1nc(-c3ccccc3)cnc1-6)c1nc(-c3ccccc3)cnc51)-c1nc(-c3ccccc3)cnc1-4)c1nc2nc2[nH]c(nc3nc(nc4[nH]c(n1)c1ccc(-c5ccccc5)cc41)-c1ccc(-c4ccccc4)cc1-3)c1ccc(-c3ccccc3)cc21. The first-order valence-electron chi connectivity index (χ1n) is 35.6. The van der Waals surface area contributed by atoms with E-state index in [1.165, 1.54) is 0 Å². The number of fused-ring (bicyclic) bond motifs is 39. The van der Waals surface area contributed by atoms with Crippen molar-refractivity contribution in [1.29, 1.82) is 0 Å². The van der Waals surface area contributed by atoms with Crippen molar-refractivity contribution in [3.05, 3.63) is 267 Å². The summed E-state index contributed by atoms with van der Waals surface area (Å²) in [5.74, 6) is 2.52. The summed E-state index contributed by atoms with van der Waals surface area (Å²) in [7, 11) is 4.05. The molecule has 0 fully saturated rings. The van der Waals surface area contributed by atoms with Crippen LogP contribution >= 0.6 is 0 Å². The molecular formula is C86H46B2N22. The smallest absolute Gasteiger partial charge is 0.200 e. The molecule has 0 amide bonds. The predicted molar refractivity (Wildman–Crippen MR) is 427 cm³/mol. The van der Waals surface area contributed by atoms with E-state index < -0.39 is 0 Å². The highest BCUT2D eigenvalue weighted by Crippen LogP contribution is 2.42. The zero-order valence-electron chi connectivity index (χ0n) is 57.5. The molecule has 0 saturated heterocycles. The summed E-state index contributed by atoms with van der Waals surface area (Å²) in [6.07, 6.45) is 5.17. The Morgan fingerprint density at radius 1 is 0.209 bits per heavy atom. The molecule has 4 N–H and O–H groups in total. The van der Waals surface area contributed by atoms with Crippen molar-refractivity contribution >= 4 is 114 Å². The summed E-state index contributed by atoms with van der Waals surface area (Å²) in [4.78, 5) is 111. The molecule has 5 aliphatic rings. The van der Waals surface area contributed by atoms with Crippen molar-refractivity contribution in [3.8, 4) is 136 Å². The van der Waals surface area contributed by atoms with Crippen LogP contribution in [0.1, 0.15) is 11.6 Å². The number of nitrogens with zero attached hydrogens (tertiary/aromatic N) is 18. The third kappa shape index (κ3) is 10.00. The zero-order valence-corrected chi connectivity index (χ0v) is 57.5. The van der Waals surface area contributed by atoms with E-state index in [9.17, 15) is 0 Å². The van der Waals surface area contributed by atoms with E-state index in [0.29, 0.717) is 141 Å². The second-order valence-electron chi connectivity index (χ2n) is 27.0. The summed E-state index contributed by atoms with van der Waals surface area (Å²) in [6.45, 7) is 0. The van der Waals surface area contributed by atoms with Crippen molar-refractivity contribution in [3.63, 3.8) is 0 Å². The molecule has 5 aliphatic heterocycles. The molecule has 110 heavy (non-hydrogen) atoms. The van der Waals surface area contributed by atoms with Gasteiger partial charge in [-0.05, 0) is 91.6 Å². The van der Waals surface area contributed by atoms with Gasteiger partial charge in [0.1, 0.15) is 67.7 Å². The normalized spacial score (nSPS) is 12.5. The quantitative estimate of drug-likeness (QED) is 0.112. The van der Waals surface area contributed by atoms with Crippen molar-refractivity contribution < 1.29 is 0 Å². The van der Waals surface area contributed by atoms with E-state index in [2.05, 4.69) is 111 Å². The average molecular weight is 1410 g/mol. The molecule has 0 spiro atoms. The van der Waals surface area contributed by atoms with Gasteiger partial charge in [0.05, 0.1) is 35.7 Å². The van der Waals surface area contributed by atoms with Crippen molar-refractivity contribution in [2.45, 2.75) is 0 Å². The molecule has 2 radical (unpaired) electrons. The molecular weight excluding hydrogens is 1360 g/mol. The fourth-order valence-electron chi connectivity index (χ4n) is 15.0. The highest BCUT2D eigenvalue weighted by atomic mass is 15.1. The Labute approximate surface area is 623 Å². The molecule has 14 heterocycles. The molecule has 0 saturated carbocycles. The van der Waals surface area contributed by atoms with E-state index in [0.717, 1.165) is 82.7 Å². The Morgan fingerprint density at radius 3 is 1.03 bits per heavy atom. The van der Waals surface area contributed by atoms with Crippen LogP contribution in [0.5, 0.6) is 0 Å². The predicted octanol–water partition coefficient (Wildman–Crippen LogP) is 15.1. The number of aromatic amines is 4. The Morgan fingerprint density at radius 2 is 0.545 bits per heavy atom. The number of nitrogens with one attached hydrogen (secondary N) is 4. The van der Waals surface area contributed by atoms with E-state index in [-0.39, 0.29) is 23.3 Å². The van der Waals surface area contributed by atoms with Crippen LogP contribution in [0.2, 0.25) is 0 Å². The number of rotatable bonds is 6. The van der Waals surface area contributed by atoms with Crippen LogP contribution in [-0.4, -0.2) is 124 Å². The lowest BCUT2D eigenvalue weighted by atomic mass is 9.44. The first-order chi connectivity index (χ1) is 54.4. The van der Waals surface area contributed by atoms with Crippen LogP contribution in [0.15, 0.2) is 255 Å². The van der Waals surface area contributed by atoms with Gasteiger partial charge in [0, 0.05) is 49.4 Å². The van der Waals surface area contributed by atoms with Gasteiger partial charge in [-0.1, -0.05) is 200 Å². The molecule has 22 nitrogen and oxygen atoms in total. The Bertz CT molecular complexity index is 7400. The van der Waals surface area contributed by atoms with Crippen LogP contribution in [0.3, 0.4) is 0 Å². The van der Waals surface area contributed by atoms with Crippen LogP contribution in [0.25, 0.3) is 225 Å². The van der Waals surface area contributed by atoms with E-state index >= 15 is 0 Å². The second-order valence-corrected chi connectivity index (χ2v) is 27.0. The Kier molecular flexibility index (Phi) is 13.3. The van der Waals surface area contributed by atoms with Gasteiger partial charge in [-0.2, -0.15) is 0 Å². The van der Waals surface area contributed by atoms with Gasteiger partial charge in [-0.3, -0.25) is 0 Å². The van der Waals surface area contributed by atoms with E-state index in [4.69, 9.17) is 89.7 Å². The largest absolute Gasteiger partial charge is 0.326 e. The Balaban J connectivity index is 0.800. The summed E-state index contributed by atoms with van der Waals surface area (Å²) in [5.41, 5.74) is 20.4. The maximum Gasteiger partial charge on any atom is 0.200 e. The van der Waals surface area contributed by atoms with Gasteiger partial charge in [0.25, 0.3) is 0 Å². The minimum absolute atomic E-state index is 0.215. The molecule has 9 aromatic heterocycles. The molecule has 16 bridgehead atoms. The maximum absolute atomic E-state index is 5.62. The first kappa shape index (κ1) is 60.9. The van der Waals surface area contributed by atoms with Gasteiger partial charge in [0.2, 0.25) is 0 Å². The van der Waals surface area contributed by atoms with Crippen molar-refractivity contribution in [2.24, 2.45) is 0 Å². The summed E-state index contributed by atoms with van der Waals surface area (Å²) < 4.78 is 0. The molecule has 18 aromatic rings. The third-order valence-electron chi connectivity index (χ3n) is 20.4. The summed E-state index contributed by atoms with van der Waals surface area (Å²) >= 11 is 0. The topological polar surface area (TPSA) is 295 Å². The standard InChI is InChI=1S/C86H46B2N22/c1-7-19-43(20-8-1)49-31-34-52-55(37-49)74-95-71(52)96-75-56-38-50(44-21-9-2-10-22-44)33-36-54(56)73(99-75)100-77-61-62(78(102-77)101-76-57-39-51(45-23-11-3-12-24-45)32-35-53(57)72(97-74)98-76)88-63-64(87-61)80-103-79(63)104-81-65-69(93-59(40-89-65)47-27-15-5-16-28-47)85(106-81)109-83-67-70(94-60(42-91-67)48-29-17-6-18-30-48)86(110-83)108-82-66-68(84(105-80)107-82)92-58(41-90-66)46-25-13-4-14-26-46/h1-42H,(H2,95,96,97,98,99,100,101,102)(H2,103,104,105,106,107,108,109,110). The van der Waals surface area contributed by atoms with E-state index in [1.54, 1.807) is 18.6 Å². The van der Waals surface area contributed by atoms with Gasteiger partial charge in [0.15, 0.2) is 72.4 Å². The Hall–Kier alpha value is -15.5. The molecule has 0 aliphatic carbocycles. The summed E-state index contributed by atoms with van der Waals surface area (Å²) in [5, 5.41) is 3.22. The molecule has 9 aromatic carbocycles. The van der Waals surface area contributed by atoms with Crippen LogP contribution in [0.4, 0.5) is 0 Å². The average Bonchev–Trinajstić information content (AvgIpc) is 1.58. The lowest BCUT2D eigenvalue weighted by Crippen LogP contribution is -2.39. The van der Waals surface area contributed by atoms with Gasteiger partial charge in [-0.15, -0.1) is 0 Å². The highest BCUT2D eigenvalue weighted by Gasteiger charge is 2.35. The molecule has 0 unspecified atom stereocenters. The number of benzene rings is 9. The monoisotopic (exact) mass is 1410 g/mol. The first-order valence-corrected chi connectivity index (χ1v) is 35.6. The molecule has 23 rings (SSSR count). The van der Waals surface area contributed by atoms with Crippen molar-refractivity contribution in [2.75, 3.05) is 0 Å². The minimum Gasteiger partial charge on any atom is -0.326 e. The molecule has 24 heteroatoms. The summed E-state index contributed by atoms with van der Waals surface area (Å²) in [6, 6.07) is 79.4. The second kappa shape index (κ2) is 24.0. The van der Waals surface area contributed by atoms with Gasteiger partial charge < -0.3 is 19.9 Å². The molecule has 506 valence electrons. The number of hydrogen-bond donors (Lipinski definition) is 4. The molecule has 0 atom stereocenters.